The van der Waals surface area contributed by atoms with E-state index < -0.39 is 25.1 Å². The molecule has 0 amide bonds. The number of allylic oxidation sites excluding steroid dienone is 1. The third-order valence-electron chi connectivity index (χ3n) is 4.78. The molecular weight excluding hydrogens is 460 g/mol. The largest absolute Gasteiger partial charge is 0.302 e. The highest BCUT2D eigenvalue weighted by Crippen LogP contribution is 2.32. The summed E-state index contributed by atoms with van der Waals surface area (Å²) in [5.74, 6) is 0.427. The van der Waals surface area contributed by atoms with E-state index >= 15 is 0 Å². The van der Waals surface area contributed by atoms with Crippen LogP contribution in [0, 0.1) is 0 Å². The Bertz CT molecular complexity index is 1190. The minimum Gasteiger partial charge on any atom is -0.302 e. The summed E-state index contributed by atoms with van der Waals surface area (Å²) in [5, 5.41) is 8.46. The monoisotopic (exact) mass is 484 g/mol. The molecule has 31 heavy (non-hydrogen) atoms. The van der Waals surface area contributed by atoms with Crippen molar-refractivity contribution in [1.82, 2.24) is 14.8 Å². The molecule has 0 saturated carbocycles. The van der Waals surface area contributed by atoms with Gasteiger partial charge in [-0.1, -0.05) is 17.8 Å². The van der Waals surface area contributed by atoms with Gasteiger partial charge in [-0.15, -0.1) is 16.8 Å². The lowest BCUT2D eigenvalue weighted by molar-refractivity contribution is 0.0994. The maximum absolute atomic E-state index is 12.8. The molecule has 1 aromatic heterocycles. The average Bonchev–Trinajstić information content (AvgIpc) is 3.23. The molecule has 0 radical (unpaired) electrons. The van der Waals surface area contributed by atoms with Gasteiger partial charge in [0.1, 0.15) is 5.82 Å². The number of hydrogen-bond donors (Lipinski definition) is 1. The van der Waals surface area contributed by atoms with Crippen molar-refractivity contribution in [3.63, 3.8) is 0 Å². The maximum Gasteiger partial charge on any atom is 0.229 e. The minimum atomic E-state index is -3.39. The summed E-state index contributed by atoms with van der Waals surface area (Å²) in [5.41, 5.74) is 0.817. The fourth-order valence-corrected chi connectivity index (χ4v) is 6.60. The van der Waals surface area contributed by atoms with Gasteiger partial charge in [-0.2, -0.15) is 0 Å². The van der Waals surface area contributed by atoms with Crippen LogP contribution in [0.5, 0.6) is 0 Å². The van der Waals surface area contributed by atoms with Gasteiger partial charge < -0.3 is 4.57 Å². The second-order valence-electron chi connectivity index (χ2n) is 7.42. The quantitative estimate of drug-likeness (QED) is 0.326. The van der Waals surface area contributed by atoms with Crippen molar-refractivity contribution in [3.8, 4) is 0 Å². The molecule has 1 N–H and O–H groups in total. The Morgan fingerprint density at radius 3 is 2.58 bits per heavy atom. The summed E-state index contributed by atoms with van der Waals surface area (Å²) in [4.78, 5) is 12.8. The summed E-state index contributed by atoms with van der Waals surface area (Å²) in [6, 6.07) is 6.20. The van der Waals surface area contributed by atoms with Crippen molar-refractivity contribution in [2.24, 2.45) is 0 Å². The van der Waals surface area contributed by atoms with Crippen molar-refractivity contribution in [2.45, 2.75) is 36.2 Å². The first kappa shape index (κ1) is 23.5. The lowest BCUT2D eigenvalue weighted by atomic mass is 10.1. The van der Waals surface area contributed by atoms with Crippen LogP contribution in [0.1, 0.15) is 35.4 Å². The van der Waals surface area contributed by atoms with Gasteiger partial charge in [-0.3, -0.25) is 9.52 Å². The Hall–Kier alpha value is -2.18. The van der Waals surface area contributed by atoms with Crippen LogP contribution in [0.25, 0.3) is 0 Å². The molecule has 0 unspecified atom stereocenters. The summed E-state index contributed by atoms with van der Waals surface area (Å²) < 4.78 is 50.5. The van der Waals surface area contributed by atoms with Gasteiger partial charge in [-0.25, -0.2) is 16.8 Å². The molecule has 1 aromatic carbocycles. The van der Waals surface area contributed by atoms with Gasteiger partial charge in [0.15, 0.2) is 20.8 Å². The Balaban J connectivity index is 1.76. The van der Waals surface area contributed by atoms with Crippen molar-refractivity contribution >= 4 is 43.1 Å². The molecule has 0 spiro atoms. The highest BCUT2D eigenvalue weighted by Gasteiger charge is 2.33. The van der Waals surface area contributed by atoms with Crippen molar-refractivity contribution < 1.29 is 21.6 Å². The van der Waals surface area contributed by atoms with Gasteiger partial charge in [0.25, 0.3) is 0 Å². The minimum absolute atomic E-state index is 0.0509. The molecule has 1 aliphatic heterocycles. The van der Waals surface area contributed by atoms with E-state index in [1.54, 1.807) is 25.1 Å². The number of sulfonamides is 1. The number of Topliss-reactive ketones (excluding diaryl/α,β-unsaturated/α-hetero) is 1. The number of carbonyl (C=O) groups excluding carboxylic acids is 1. The van der Waals surface area contributed by atoms with Crippen LogP contribution in [0.3, 0.4) is 0 Å². The van der Waals surface area contributed by atoms with Crippen LogP contribution in [0.4, 0.5) is 5.69 Å². The van der Waals surface area contributed by atoms with E-state index in [2.05, 4.69) is 21.5 Å². The molecule has 0 bridgehead atoms. The van der Waals surface area contributed by atoms with Crippen LogP contribution in [-0.2, 0) is 26.4 Å². The Morgan fingerprint density at radius 1 is 1.35 bits per heavy atom. The lowest BCUT2D eigenvalue weighted by Gasteiger charge is -2.14. The third kappa shape index (κ3) is 5.95. The van der Waals surface area contributed by atoms with Crippen molar-refractivity contribution in [1.29, 1.82) is 0 Å². The molecule has 12 heteroatoms. The summed E-state index contributed by atoms with van der Waals surface area (Å²) >= 11 is 1.24. The number of anilines is 1. The predicted molar refractivity (Wildman–Crippen MR) is 121 cm³/mol. The van der Waals surface area contributed by atoms with Crippen LogP contribution < -0.4 is 4.72 Å². The Kier molecular flexibility index (Phi) is 6.92. The molecule has 2 aromatic rings. The highest BCUT2D eigenvalue weighted by atomic mass is 32.2. The van der Waals surface area contributed by atoms with Crippen molar-refractivity contribution in [2.75, 3.05) is 22.5 Å². The molecule has 9 nitrogen and oxygen atoms in total. The van der Waals surface area contributed by atoms with E-state index in [9.17, 15) is 21.6 Å². The first-order valence-electron chi connectivity index (χ1n) is 9.52. The SMILES string of the molecule is C=CCn1c(S[C@H](C)C(=O)c2ccc(NS(C)(=O)=O)cc2)nnc1[C@@H]1CCS(=O)(=O)C1. The highest BCUT2D eigenvalue weighted by molar-refractivity contribution is 8.00. The van der Waals surface area contributed by atoms with E-state index in [0.29, 0.717) is 35.2 Å². The number of nitrogens with zero attached hydrogens (tertiary/aromatic N) is 3. The molecule has 3 rings (SSSR count). The fourth-order valence-electron chi connectivity index (χ4n) is 3.35. The third-order valence-corrected chi connectivity index (χ3v) is 8.23. The number of nitrogens with one attached hydrogen (secondary N) is 1. The first-order chi connectivity index (χ1) is 14.5. The molecule has 1 aliphatic rings. The Morgan fingerprint density at radius 2 is 2.03 bits per heavy atom. The van der Waals surface area contributed by atoms with E-state index in [4.69, 9.17) is 0 Å². The van der Waals surface area contributed by atoms with E-state index in [0.717, 1.165) is 6.26 Å². The van der Waals surface area contributed by atoms with Gasteiger partial charge in [-0.05, 0) is 37.6 Å². The lowest BCUT2D eigenvalue weighted by Crippen LogP contribution is -2.16. The number of sulfone groups is 1. The van der Waals surface area contributed by atoms with E-state index in [1.807, 2.05) is 4.57 Å². The normalized spacial score (nSPS) is 19.1. The second kappa shape index (κ2) is 9.13. The number of benzene rings is 1. The average molecular weight is 485 g/mol. The molecule has 1 saturated heterocycles. The molecule has 2 atom stereocenters. The second-order valence-corrected chi connectivity index (χ2v) is 12.7. The number of rotatable bonds is 9. The van der Waals surface area contributed by atoms with Gasteiger partial charge in [0, 0.05) is 23.7 Å². The number of hydrogen-bond acceptors (Lipinski definition) is 8. The summed E-state index contributed by atoms with van der Waals surface area (Å²) in [7, 11) is -6.46. The van der Waals surface area contributed by atoms with E-state index in [-0.39, 0.29) is 23.2 Å². The zero-order valence-corrected chi connectivity index (χ0v) is 19.6. The maximum atomic E-state index is 12.8. The smallest absolute Gasteiger partial charge is 0.229 e. The molecule has 1 fully saturated rings. The Labute approximate surface area is 186 Å². The van der Waals surface area contributed by atoms with Crippen LogP contribution >= 0.6 is 11.8 Å². The number of carbonyl (C=O) groups is 1. The topological polar surface area (TPSA) is 128 Å². The molecular formula is C19H24N4O5S3. The number of ketones is 1. The standard InChI is InChI=1S/C19H24N4O5S3/c1-4-10-23-18(15-9-11-31(27,28)12-15)20-21-19(23)29-13(2)17(24)14-5-7-16(8-6-14)22-30(3,25)26/h4-8,13,15,22H,1,9-12H2,2-3H3/t13-,15-/m1/s1. The zero-order chi connectivity index (χ0) is 22.8. The van der Waals surface area contributed by atoms with Crippen LogP contribution in [-0.4, -0.2) is 60.4 Å². The van der Waals surface area contributed by atoms with Gasteiger partial charge in [0.2, 0.25) is 10.0 Å². The van der Waals surface area contributed by atoms with Gasteiger partial charge >= 0.3 is 0 Å². The van der Waals surface area contributed by atoms with Crippen molar-refractivity contribution in [3.05, 3.63) is 48.3 Å². The molecule has 2 heterocycles. The number of thioether (sulfide) groups is 1. The zero-order valence-electron chi connectivity index (χ0n) is 17.2. The molecule has 168 valence electrons. The summed E-state index contributed by atoms with van der Waals surface area (Å²) in [6.45, 7) is 5.91. The van der Waals surface area contributed by atoms with Crippen LogP contribution in [0.2, 0.25) is 0 Å². The molecule has 0 aliphatic carbocycles. The number of aromatic nitrogens is 3. The van der Waals surface area contributed by atoms with E-state index in [1.165, 1.54) is 23.9 Å². The first-order valence-corrected chi connectivity index (χ1v) is 14.1. The van der Waals surface area contributed by atoms with Crippen LogP contribution in [0.15, 0.2) is 42.1 Å². The van der Waals surface area contributed by atoms with Gasteiger partial charge in [0.05, 0.1) is 23.0 Å². The predicted octanol–water partition coefficient (Wildman–Crippen LogP) is 2.10. The summed E-state index contributed by atoms with van der Waals surface area (Å²) in [6.07, 6.45) is 3.24. The fraction of sp³-hybridized carbons (Fsp3) is 0.421.